The first-order chi connectivity index (χ1) is 7.75. The van der Waals surface area contributed by atoms with Crippen molar-refractivity contribution < 1.29 is 4.79 Å². The molecule has 0 saturated carbocycles. The number of anilines is 1. The summed E-state index contributed by atoms with van der Waals surface area (Å²) in [5.74, 6) is 1.08. The average Bonchev–Trinajstić information content (AvgIpc) is 2.59. The highest BCUT2D eigenvalue weighted by Gasteiger charge is 2.26. The third kappa shape index (κ3) is 2.95. The van der Waals surface area contributed by atoms with Gasteiger partial charge in [0.05, 0.1) is 0 Å². The van der Waals surface area contributed by atoms with Crippen molar-refractivity contribution in [3.8, 4) is 0 Å². The molecule has 4 nitrogen and oxygen atoms in total. The molecule has 0 spiro atoms. The molecular formula is C11H14BrN3O. The number of carbonyl (C=O) groups excluding carboxylic acids is 1. The molecule has 0 radical (unpaired) electrons. The van der Waals surface area contributed by atoms with Crippen LogP contribution in [0.4, 0.5) is 5.82 Å². The Balaban J connectivity index is 1.74. The zero-order valence-electron chi connectivity index (χ0n) is 8.90. The molecule has 0 aromatic carbocycles. The van der Waals surface area contributed by atoms with Gasteiger partial charge in [0, 0.05) is 37.1 Å². The van der Waals surface area contributed by atoms with Crippen LogP contribution in [0.15, 0.2) is 24.4 Å². The fraction of sp³-hybridized carbons (Fsp3) is 0.455. The van der Waals surface area contributed by atoms with E-state index in [1.807, 2.05) is 23.1 Å². The van der Waals surface area contributed by atoms with Crippen LogP contribution in [0.2, 0.25) is 0 Å². The van der Waals surface area contributed by atoms with Gasteiger partial charge in [-0.05, 0) is 12.1 Å². The van der Waals surface area contributed by atoms with Gasteiger partial charge in [-0.2, -0.15) is 0 Å². The van der Waals surface area contributed by atoms with Gasteiger partial charge in [-0.3, -0.25) is 4.79 Å². The molecule has 2 heterocycles. The van der Waals surface area contributed by atoms with Gasteiger partial charge in [0.2, 0.25) is 5.91 Å². The van der Waals surface area contributed by atoms with E-state index < -0.39 is 0 Å². The fourth-order valence-electron chi connectivity index (χ4n) is 1.73. The minimum atomic E-state index is 0.227. The third-order valence-corrected chi connectivity index (χ3v) is 3.13. The first-order valence-corrected chi connectivity index (χ1v) is 6.24. The predicted octanol–water partition coefficient (Wildman–Crippen LogP) is 1.49. The lowest BCUT2D eigenvalue weighted by Gasteiger charge is -2.16. The minimum absolute atomic E-state index is 0.227. The zero-order chi connectivity index (χ0) is 11.4. The highest BCUT2D eigenvalue weighted by Crippen LogP contribution is 2.17. The van der Waals surface area contributed by atoms with Crippen LogP contribution in [0.25, 0.3) is 0 Å². The fourth-order valence-corrected chi connectivity index (χ4v) is 2.35. The Bertz CT molecular complexity index is 358. The second kappa shape index (κ2) is 5.30. The number of nitrogens with one attached hydrogen (secondary N) is 1. The highest BCUT2D eigenvalue weighted by atomic mass is 79.9. The topological polar surface area (TPSA) is 45.2 Å². The van der Waals surface area contributed by atoms with Crippen molar-refractivity contribution in [1.29, 1.82) is 0 Å². The Morgan fingerprint density at radius 1 is 1.56 bits per heavy atom. The Morgan fingerprint density at radius 2 is 2.44 bits per heavy atom. The molecule has 2 rings (SSSR count). The maximum atomic E-state index is 11.5. The number of pyridine rings is 1. The van der Waals surface area contributed by atoms with E-state index in [4.69, 9.17) is 0 Å². The maximum Gasteiger partial charge on any atom is 0.223 e. The van der Waals surface area contributed by atoms with Gasteiger partial charge < -0.3 is 10.2 Å². The van der Waals surface area contributed by atoms with Crippen LogP contribution in [-0.2, 0) is 4.79 Å². The van der Waals surface area contributed by atoms with Crippen molar-refractivity contribution in [2.45, 2.75) is 11.2 Å². The quantitative estimate of drug-likeness (QED) is 0.852. The smallest absolute Gasteiger partial charge is 0.223 e. The number of hydrogen-bond acceptors (Lipinski definition) is 3. The second-order valence-electron chi connectivity index (χ2n) is 3.78. The summed E-state index contributed by atoms with van der Waals surface area (Å²) in [6, 6.07) is 5.73. The average molecular weight is 284 g/mol. The monoisotopic (exact) mass is 283 g/mol. The van der Waals surface area contributed by atoms with Crippen molar-refractivity contribution in [1.82, 2.24) is 9.88 Å². The minimum Gasteiger partial charge on any atom is -0.368 e. The Hall–Kier alpha value is -1.10. The van der Waals surface area contributed by atoms with Gasteiger partial charge in [-0.1, -0.05) is 22.0 Å². The molecule has 1 N–H and O–H groups in total. The van der Waals surface area contributed by atoms with Crippen molar-refractivity contribution in [2.75, 3.05) is 25.0 Å². The van der Waals surface area contributed by atoms with Crippen LogP contribution in [-0.4, -0.2) is 40.3 Å². The number of carbonyl (C=O) groups is 1. The third-order valence-electron chi connectivity index (χ3n) is 2.52. The number of nitrogens with zero attached hydrogens (tertiary/aromatic N) is 2. The van der Waals surface area contributed by atoms with Gasteiger partial charge >= 0.3 is 0 Å². The van der Waals surface area contributed by atoms with Gasteiger partial charge in [-0.15, -0.1) is 0 Å². The summed E-state index contributed by atoms with van der Waals surface area (Å²) in [6.07, 6.45) is 2.36. The summed E-state index contributed by atoms with van der Waals surface area (Å²) in [6.45, 7) is 2.28. The van der Waals surface area contributed by atoms with Crippen LogP contribution in [0.5, 0.6) is 0 Å². The van der Waals surface area contributed by atoms with Crippen LogP contribution in [0.3, 0.4) is 0 Å². The lowest BCUT2D eigenvalue weighted by Crippen LogP contribution is -2.30. The zero-order valence-corrected chi connectivity index (χ0v) is 10.5. The van der Waals surface area contributed by atoms with Crippen molar-refractivity contribution >= 4 is 27.7 Å². The summed E-state index contributed by atoms with van der Waals surface area (Å²) in [7, 11) is 0. The Morgan fingerprint density at radius 3 is 3.06 bits per heavy atom. The SMILES string of the molecule is O=C1CC(Br)CN1CCNc1ccccn1. The number of hydrogen-bond donors (Lipinski definition) is 1. The van der Waals surface area contributed by atoms with E-state index in [9.17, 15) is 4.79 Å². The lowest BCUT2D eigenvalue weighted by atomic mass is 10.4. The lowest BCUT2D eigenvalue weighted by molar-refractivity contribution is -0.127. The van der Waals surface area contributed by atoms with Crippen molar-refractivity contribution in [3.63, 3.8) is 0 Å². The van der Waals surface area contributed by atoms with Gasteiger partial charge in [-0.25, -0.2) is 4.98 Å². The number of amides is 1. The molecule has 1 fully saturated rings. The van der Waals surface area contributed by atoms with E-state index in [0.29, 0.717) is 11.2 Å². The van der Waals surface area contributed by atoms with Gasteiger partial charge in [0.15, 0.2) is 0 Å². The summed E-state index contributed by atoms with van der Waals surface area (Å²) in [5.41, 5.74) is 0. The maximum absolute atomic E-state index is 11.5. The van der Waals surface area contributed by atoms with Crippen molar-refractivity contribution in [3.05, 3.63) is 24.4 Å². The molecule has 1 aromatic heterocycles. The molecule has 86 valence electrons. The summed E-state index contributed by atoms with van der Waals surface area (Å²) in [5, 5.41) is 3.19. The number of aromatic nitrogens is 1. The van der Waals surface area contributed by atoms with Gasteiger partial charge in [0.25, 0.3) is 0 Å². The molecule has 1 saturated heterocycles. The summed E-state index contributed by atoms with van der Waals surface area (Å²) >= 11 is 3.46. The molecule has 1 aliphatic rings. The highest BCUT2D eigenvalue weighted by molar-refractivity contribution is 9.09. The summed E-state index contributed by atoms with van der Waals surface area (Å²) < 4.78 is 0. The molecule has 1 aromatic rings. The van der Waals surface area contributed by atoms with Crippen LogP contribution < -0.4 is 5.32 Å². The molecule has 1 amide bonds. The van der Waals surface area contributed by atoms with Gasteiger partial charge in [0.1, 0.15) is 5.82 Å². The first-order valence-electron chi connectivity index (χ1n) is 5.32. The largest absolute Gasteiger partial charge is 0.368 e. The van der Waals surface area contributed by atoms with E-state index in [1.165, 1.54) is 0 Å². The van der Waals surface area contributed by atoms with E-state index in [0.717, 1.165) is 25.5 Å². The number of likely N-dealkylation sites (tertiary alicyclic amines) is 1. The predicted molar refractivity (Wildman–Crippen MR) is 66.6 cm³/mol. The molecule has 5 heteroatoms. The van der Waals surface area contributed by atoms with E-state index in [-0.39, 0.29) is 5.91 Å². The van der Waals surface area contributed by atoms with Crippen LogP contribution in [0.1, 0.15) is 6.42 Å². The number of rotatable bonds is 4. The second-order valence-corrected chi connectivity index (χ2v) is 5.08. The number of alkyl halides is 1. The van der Waals surface area contributed by atoms with E-state index in [2.05, 4.69) is 26.2 Å². The first kappa shape index (κ1) is 11.4. The Kier molecular flexibility index (Phi) is 3.77. The molecule has 0 bridgehead atoms. The van der Waals surface area contributed by atoms with E-state index in [1.54, 1.807) is 6.20 Å². The van der Waals surface area contributed by atoms with Crippen LogP contribution in [0, 0.1) is 0 Å². The van der Waals surface area contributed by atoms with E-state index >= 15 is 0 Å². The molecule has 1 unspecified atom stereocenters. The molecule has 0 aliphatic carbocycles. The Labute approximate surface area is 103 Å². The van der Waals surface area contributed by atoms with Crippen LogP contribution >= 0.6 is 15.9 Å². The molecular weight excluding hydrogens is 270 g/mol. The molecule has 1 atom stereocenters. The standard InChI is InChI=1S/C11H14BrN3O/c12-9-7-11(16)15(8-9)6-5-14-10-3-1-2-4-13-10/h1-4,9H,5-8H2,(H,13,14). The normalized spacial score (nSPS) is 20.2. The van der Waals surface area contributed by atoms with Crippen molar-refractivity contribution in [2.24, 2.45) is 0 Å². The number of halogens is 1. The molecule has 16 heavy (non-hydrogen) atoms. The molecule has 1 aliphatic heterocycles. The summed E-state index contributed by atoms with van der Waals surface area (Å²) in [4.78, 5) is 17.8.